The summed E-state index contributed by atoms with van der Waals surface area (Å²) < 4.78 is 0. The number of piperidine rings is 1. The van der Waals surface area contributed by atoms with Crippen LogP contribution in [0.3, 0.4) is 0 Å². The molecule has 1 aliphatic heterocycles. The van der Waals surface area contributed by atoms with Gasteiger partial charge in [0.1, 0.15) is 5.82 Å². The SMILES string of the molecule is CCN1CCC(N(C)c2cnc(CN)cn2)CC1. The molecule has 0 spiro atoms. The van der Waals surface area contributed by atoms with Crippen molar-refractivity contribution in [2.75, 3.05) is 31.6 Å². The number of hydrogen-bond donors (Lipinski definition) is 1. The zero-order chi connectivity index (χ0) is 13.0. The van der Waals surface area contributed by atoms with Gasteiger partial charge in [-0.1, -0.05) is 6.92 Å². The van der Waals surface area contributed by atoms with E-state index in [4.69, 9.17) is 5.73 Å². The molecule has 2 N–H and O–H groups in total. The highest BCUT2D eigenvalue weighted by molar-refractivity contribution is 5.36. The molecule has 2 heterocycles. The third-order valence-electron chi connectivity index (χ3n) is 3.81. The van der Waals surface area contributed by atoms with Crippen molar-refractivity contribution < 1.29 is 0 Å². The van der Waals surface area contributed by atoms with Gasteiger partial charge in [-0.15, -0.1) is 0 Å². The van der Waals surface area contributed by atoms with E-state index in [2.05, 4.69) is 33.7 Å². The van der Waals surface area contributed by atoms with Crippen molar-refractivity contribution >= 4 is 5.82 Å². The van der Waals surface area contributed by atoms with Crippen LogP contribution in [-0.2, 0) is 6.54 Å². The highest BCUT2D eigenvalue weighted by Gasteiger charge is 2.22. The number of nitrogens with two attached hydrogens (primary N) is 1. The average molecular weight is 249 g/mol. The molecular weight excluding hydrogens is 226 g/mol. The normalized spacial score (nSPS) is 17.9. The average Bonchev–Trinajstić information content (AvgIpc) is 2.47. The molecule has 0 unspecified atom stereocenters. The summed E-state index contributed by atoms with van der Waals surface area (Å²) in [6, 6.07) is 0.575. The summed E-state index contributed by atoms with van der Waals surface area (Å²) in [7, 11) is 2.11. The Labute approximate surface area is 109 Å². The quantitative estimate of drug-likeness (QED) is 0.857. The molecule has 0 amide bonds. The highest BCUT2D eigenvalue weighted by atomic mass is 15.2. The molecule has 0 saturated carbocycles. The zero-order valence-corrected chi connectivity index (χ0v) is 11.3. The standard InChI is InChI=1S/C13H23N5/c1-3-18-6-4-12(5-7-18)17(2)13-10-15-11(8-14)9-16-13/h9-10,12H,3-8,14H2,1-2H3. The molecule has 1 fully saturated rings. The molecule has 1 saturated heterocycles. The first-order chi connectivity index (χ1) is 8.74. The van der Waals surface area contributed by atoms with Crippen molar-refractivity contribution in [1.82, 2.24) is 14.9 Å². The van der Waals surface area contributed by atoms with Gasteiger partial charge < -0.3 is 15.5 Å². The van der Waals surface area contributed by atoms with Crippen LogP contribution in [0, 0.1) is 0 Å². The summed E-state index contributed by atoms with van der Waals surface area (Å²) >= 11 is 0. The van der Waals surface area contributed by atoms with E-state index in [-0.39, 0.29) is 0 Å². The smallest absolute Gasteiger partial charge is 0.147 e. The van der Waals surface area contributed by atoms with Crippen molar-refractivity contribution in [1.29, 1.82) is 0 Å². The van der Waals surface area contributed by atoms with Crippen molar-refractivity contribution in [2.45, 2.75) is 32.4 Å². The maximum Gasteiger partial charge on any atom is 0.147 e. The molecule has 0 aliphatic carbocycles. The molecule has 1 aliphatic rings. The first-order valence-corrected chi connectivity index (χ1v) is 6.70. The van der Waals surface area contributed by atoms with E-state index in [0.717, 1.165) is 18.1 Å². The fourth-order valence-corrected chi connectivity index (χ4v) is 2.45. The molecular formula is C13H23N5. The van der Waals surface area contributed by atoms with Gasteiger partial charge in [-0.25, -0.2) is 4.98 Å². The number of likely N-dealkylation sites (tertiary alicyclic amines) is 1. The predicted octanol–water partition coefficient (Wildman–Crippen LogP) is 0.856. The summed E-state index contributed by atoms with van der Waals surface area (Å²) in [4.78, 5) is 13.5. The van der Waals surface area contributed by atoms with Crippen LogP contribution in [-0.4, -0.2) is 47.6 Å². The molecule has 1 aromatic rings. The van der Waals surface area contributed by atoms with Crippen molar-refractivity contribution in [3.05, 3.63) is 18.1 Å². The van der Waals surface area contributed by atoms with Crippen LogP contribution < -0.4 is 10.6 Å². The summed E-state index contributed by atoms with van der Waals surface area (Å²) in [6.07, 6.45) is 6.00. The summed E-state index contributed by atoms with van der Waals surface area (Å²) in [5.74, 6) is 0.946. The van der Waals surface area contributed by atoms with Crippen LogP contribution in [0.15, 0.2) is 12.4 Å². The van der Waals surface area contributed by atoms with E-state index in [1.807, 2.05) is 6.20 Å². The zero-order valence-electron chi connectivity index (χ0n) is 11.3. The Morgan fingerprint density at radius 3 is 2.56 bits per heavy atom. The first kappa shape index (κ1) is 13.2. The molecule has 2 rings (SSSR count). The lowest BCUT2D eigenvalue weighted by atomic mass is 10.0. The predicted molar refractivity (Wildman–Crippen MR) is 73.5 cm³/mol. The number of aromatic nitrogens is 2. The summed E-state index contributed by atoms with van der Waals surface area (Å²) in [5, 5.41) is 0. The Bertz CT molecular complexity index is 356. The Morgan fingerprint density at radius 1 is 1.33 bits per heavy atom. The number of hydrogen-bond acceptors (Lipinski definition) is 5. The lowest BCUT2D eigenvalue weighted by Crippen LogP contribution is -2.43. The van der Waals surface area contributed by atoms with Crippen molar-refractivity contribution in [3.8, 4) is 0 Å². The van der Waals surface area contributed by atoms with Gasteiger partial charge in [-0.2, -0.15) is 0 Å². The summed E-state index contributed by atoms with van der Waals surface area (Å²) in [6.45, 7) is 6.19. The maximum absolute atomic E-state index is 5.53. The van der Waals surface area contributed by atoms with Gasteiger partial charge in [0.05, 0.1) is 18.1 Å². The van der Waals surface area contributed by atoms with Crippen LogP contribution in [0.4, 0.5) is 5.82 Å². The Balaban J connectivity index is 1.96. The van der Waals surface area contributed by atoms with Crippen LogP contribution in [0.5, 0.6) is 0 Å². The highest BCUT2D eigenvalue weighted by Crippen LogP contribution is 2.19. The minimum atomic E-state index is 0.450. The molecule has 100 valence electrons. The third kappa shape index (κ3) is 2.97. The van der Waals surface area contributed by atoms with Gasteiger partial charge in [0.15, 0.2) is 0 Å². The largest absolute Gasteiger partial charge is 0.355 e. The Kier molecular flexibility index (Phi) is 4.49. The molecule has 5 heteroatoms. The molecule has 5 nitrogen and oxygen atoms in total. The van der Waals surface area contributed by atoms with Crippen molar-refractivity contribution in [3.63, 3.8) is 0 Å². The Hall–Kier alpha value is -1.20. The van der Waals surface area contributed by atoms with Gasteiger partial charge in [-0.05, 0) is 19.4 Å². The van der Waals surface area contributed by atoms with Crippen LogP contribution in [0.25, 0.3) is 0 Å². The second-order valence-corrected chi connectivity index (χ2v) is 4.85. The van der Waals surface area contributed by atoms with Gasteiger partial charge in [0.2, 0.25) is 0 Å². The topological polar surface area (TPSA) is 58.3 Å². The van der Waals surface area contributed by atoms with Crippen molar-refractivity contribution in [2.24, 2.45) is 5.73 Å². The van der Waals surface area contributed by atoms with Gasteiger partial charge in [-0.3, -0.25) is 4.98 Å². The fourth-order valence-electron chi connectivity index (χ4n) is 2.45. The maximum atomic E-state index is 5.53. The van der Waals surface area contributed by atoms with E-state index >= 15 is 0 Å². The second kappa shape index (κ2) is 6.11. The van der Waals surface area contributed by atoms with Gasteiger partial charge in [0, 0.05) is 32.7 Å². The van der Waals surface area contributed by atoms with Crippen LogP contribution >= 0.6 is 0 Å². The van der Waals surface area contributed by atoms with E-state index in [9.17, 15) is 0 Å². The molecule has 0 atom stereocenters. The number of nitrogens with zero attached hydrogens (tertiary/aromatic N) is 4. The second-order valence-electron chi connectivity index (χ2n) is 4.85. The Morgan fingerprint density at radius 2 is 2.06 bits per heavy atom. The lowest BCUT2D eigenvalue weighted by Gasteiger charge is -2.36. The third-order valence-corrected chi connectivity index (χ3v) is 3.81. The summed E-state index contributed by atoms with van der Waals surface area (Å²) in [5.41, 5.74) is 6.37. The minimum Gasteiger partial charge on any atom is -0.355 e. The number of anilines is 1. The molecule has 1 aromatic heterocycles. The molecule has 0 aromatic carbocycles. The van der Waals surface area contributed by atoms with E-state index in [0.29, 0.717) is 12.6 Å². The molecule has 0 radical (unpaired) electrons. The van der Waals surface area contributed by atoms with E-state index < -0.39 is 0 Å². The number of rotatable bonds is 4. The molecule has 18 heavy (non-hydrogen) atoms. The monoisotopic (exact) mass is 249 g/mol. The van der Waals surface area contributed by atoms with E-state index in [1.165, 1.54) is 25.9 Å². The van der Waals surface area contributed by atoms with Gasteiger partial charge >= 0.3 is 0 Å². The van der Waals surface area contributed by atoms with E-state index in [1.54, 1.807) is 6.20 Å². The molecule has 0 bridgehead atoms. The van der Waals surface area contributed by atoms with Gasteiger partial charge in [0.25, 0.3) is 0 Å². The first-order valence-electron chi connectivity index (χ1n) is 6.70. The van der Waals surface area contributed by atoms with Crippen LogP contribution in [0.1, 0.15) is 25.5 Å². The lowest BCUT2D eigenvalue weighted by molar-refractivity contribution is 0.220. The fraction of sp³-hybridized carbons (Fsp3) is 0.692. The minimum absolute atomic E-state index is 0.450. The van der Waals surface area contributed by atoms with Crippen LogP contribution in [0.2, 0.25) is 0 Å².